The van der Waals surface area contributed by atoms with E-state index in [2.05, 4.69) is 20.1 Å². The molecule has 1 N–H and O–H groups in total. The molecule has 4 rings (SSSR count). The second-order valence-corrected chi connectivity index (χ2v) is 6.79. The number of benzene rings is 1. The summed E-state index contributed by atoms with van der Waals surface area (Å²) >= 11 is 1.21. The molecule has 0 spiro atoms. The number of carbonyl (C=O) groups excluding carboxylic acids is 1. The number of nitrogens with zero attached hydrogens (tertiary/aromatic N) is 4. The van der Waals surface area contributed by atoms with E-state index in [1.165, 1.54) is 11.5 Å². The molecule has 138 valence electrons. The van der Waals surface area contributed by atoms with Crippen LogP contribution in [-0.4, -0.2) is 40.0 Å². The Balaban J connectivity index is 1.94. The van der Waals surface area contributed by atoms with Gasteiger partial charge in [-0.2, -0.15) is 5.10 Å². The van der Waals surface area contributed by atoms with E-state index in [0.717, 1.165) is 32.8 Å². The van der Waals surface area contributed by atoms with Crippen molar-refractivity contribution in [2.45, 2.75) is 6.92 Å². The highest BCUT2D eigenvalue weighted by Gasteiger charge is 2.28. The van der Waals surface area contributed by atoms with Crippen molar-refractivity contribution in [2.24, 2.45) is 12.1 Å². The Kier molecular flexibility index (Phi) is 4.15. The smallest absolute Gasteiger partial charge is 0.273 e. The molecule has 0 radical (unpaired) electrons. The van der Waals surface area contributed by atoms with E-state index in [1.54, 1.807) is 14.2 Å². The molecule has 2 aromatic heterocycles. The predicted octanol–water partition coefficient (Wildman–Crippen LogP) is 2.27. The largest absolute Gasteiger partial charge is 0.496 e. The number of fused-ring (bicyclic) bond motifs is 1. The lowest BCUT2D eigenvalue weighted by atomic mass is 10.0. The maximum Gasteiger partial charge on any atom is 0.273 e. The second-order valence-electron chi connectivity index (χ2n) is 6.04. The van der Waals surface area contributed by atoms with Gasteiger partial charge in [0.05, 0.1) is 41.3 Å². The molecule has 1 aliphatic heterocycles. The molecule has 0 saturated heterocycles. The van der Waals surface area contributed by atoms with Crippen LogP contribution >= 0.6 is 11.5 Å². The van der Waals surface area contributed by atoms with Crippen LogP contribution in [0.5, 0.6) is 11.5 Å². The lowest BCUT2D eigenvalue weighted by molar-refractivity contribution is -0.116. The monoisotopic (exact) mass is 383 g/mol. The van der Waals surface area contributed by atoms with Crippen LogP contribution in [0.4, 0.5) is 0 Å². The molecule has 8 nitrogen and oxygen atoms in total. The van der Waals surface area contributed by atoms with Gasteiger partial charge < -0.3 is 14.0 Å². The van der Waals surface area contributed by atoms with Crippen molar-refractivity contribution in [3.05, 3.63) is 40.0 Å². The van der Waals surface area contributed by atoms with Crippen molar-refractivity contribution < 1.29 is 14.3 Å². The van der Waals surface area contributed by atoms with Crippen LogP contribution < -0.4 is 14.9 Å². The molecule has 0 aliphatic carbocycles. The Bertz CT molecular complexity index is 1130. The van der Waals surface area contributed by atoms with Crippen LogP contribution in [0.2, 0.25) is 0 Å². The fourth-order valence-corrected chi connectivity index (χ4v) is 3.87. The van der Waals surface area contributed by atoms with Gasteiger partial charge in [-0.05, 0) is 36.7 Å². The van der Waals surface area contributed by atoms with E-state index in [4.69, 9.17) is 9.47 Å². The standard InChI is InChI=1S/C18H17N5O3S/c1-9-17(27-22-19-9)15-11(18(24)21-20-15)7-10-8-23(2)16-13(26-4)6-5-12(25-3)14(10)16/h5-8H,1-4H3,(H,21,24)/b11-7-. The summed E-state index contributed by atoms with van der Waals surface area (Å²) in [5.74, 6) is 1.16. The summed E-state index contributed by atoms with van der Waals surface area (Å²) in [7, 11) is 5.17. The highest BCUT2D eigenvalue weighted by molar-refractivity contribution is 7.08. The minimum atomic E-state index is -0.267. The van der Waals surface area contributed by atoms with Crippen molar-refractivity contribution in [3.8, 4) is 11.5 Å². The van der Waals surface area contributed by atoms with Crippen molar-refractivity contribution >= 4 is 40.1 Å². The third-order valence-electron chi connectivity index (χ3n) is 4.45. The molecule has 27 heavy (non-hydrogen) atoms. The molecule has 0 bridgehead atoms. The minimum Gasteiger partial charge on any atom is -0.496 e. The lowest BCUT2D eigenvalue weighted by Crippen LogP contribution is -2.13. The lowest BCUT2D eigenvalue weighted by Gasteiger charge is -2.08. The number of hydrogen-bond donors (Lipinski definition) is 1. The Morgan fingerprint density at radius 2 is 1.96 bits per heavy atom. The zero-order valence-electron chi connectivity index (χ0n) is 15.2. The number of methoxy groups -OCH3 is 2. The van der Waals surface area contributed by atoms with Crippen molar-refractivity contribution in [3.63, 3.8) is 0 Å². The highest BCUT2D eigenvalue weighted by Crippen LogP contribution is 2.37. The maximum atomic E-state index is 12.4. The van der Waals surface area contributed by atoms with E-state index in [9.17, 15) is 4.79 Å². The first kappa shape index (κ1) is 17.2. The predicted molar refractivity (Wildman–Crippen MR) is 103 cm³/mol. The second kappa shape index (κ2) is 6.51. The summed E-state index contributed by atoms with van der Waals surface area (Å²) in [4.78, 5) is 13.2. The Morgan fingerprint density at radius 3 is 2.63 bits per heavy atom. The molecule has 0 unspecified atom stereocenters. The molecule has 3 heterocycles. The summed E-state index contributed by atoms with van der Waals surface area (Å²) in [6, 6.07) is 3.71. The molecule has 0 saturated carbocycles. The van der Waals surface area contributed by atoms with E-state index in [1.807, 2.05) is 42.9 Å². The van der Waals surface area contributed by atoms with E-state index < -0.39 is 0 Å². The van der Waals surface area contributed by atoms with E-state index in [-0.39, 0.29) is 5.91 Å². The third kappa shape index (κ3) is 2.67. The quantitative estimate of drug-likeness (QED) is 0.698. The highest BCUT2D eigenvalue weighted by atomic mass is 32.1. The van der Waals surface area contributed by atoms with Gasteiger partial charge in [0, 0.05) is 18.8 Å². The molecule has 1 amide bonds. The van der Waals surface area contributed by atoms with E-state index in [0.29, 0.717) is 17.0 Å². The minimum absolute atomic E-state index is 0.267. The zero-order chi connectivity index (χ0) is 19.1. The number of hydrogen-bond acceptors (Lipinski definition) is 7. The summed E-state index contributed by atoms with van der Waals surface area (Å²) < 4.78 is 16.9. The first-order valence-electron chi connectivity index (χ1n) is 8.14. The Morgan fingerprint density at radius 1 is 1.22 bits per heavy atom. The van der Waals surface area contributed by atoms with Crippen LogP contribution in [-0.2, 0) is 11.8 Å². The first-order valence-corrected chi connectivity index (χ1v) is 8.92. The Hall–Kier alpha value is -3.20. The molecule has 9 heteroatoms. The van der Waals surface area contributed by atoms with Gasteiger partial charge in [0.25, 0.3) is 5.91 Å². The van der Waals surface area contributed by atoms with Crippen LogP contribution in [0.25, 0.3) is 17.0 Å². The number of aromatic nitrogens is 3. The number of hydrazone groups is 1. The van der Waals surface area contributed by atoms with Crippen molar-refractivity contribution in [2.75, 3.05) is 14.2 Å². The van der Waals surface area contributed by atoms with Crippen molar-refractivity contribution in [1.29, 1.82) is 0 Å². The molecule has 1 aliphatic rings. The summed E-state index contributed by atoms with van der Waals surface area (Å²) in [6.45, 7) is 1.84. The average Bonchev–Trinajstić information content (AvgIpc) is 3.34. The fraction of sp³-hybridized carbons (Fsp3) is 0.222. The van der Waals surface area contributed by atoms with Gasteiger partial charge in [-0.25, -0.2) is 5.43 Å². The summed E-state index contributed by atoms with van der Waals surface area (Å²) in [6.07, 6.45) is 3.74. The molecule has 3 aromatic rings. The first-order chi connectivity index (χ1) is 13.0. The van der Waals surface area contributed by atoms with Gasteiger partial charge >= 0.3 is 0 Å². The van der Waals surface area contributed by atoms with Crippen molar-refractivity contribution in [1.82, 2.24) is 19.6 Å². The Labute approximate surface area is 159 Å². The van der Waals surface area contributed by atoms with Crippen LogP contribution in [0.3, 0.4) is 0 Å². The number of nitrogens with one attached hydrogen (secondary N) is 1. The number of ether oxygens (including phenoxy) is 2. The molecular formula is C18H17N5O3S. The zero-order valence-corrected chi connectivity index (χ0v) is 16.0. The number of rotatable bonds is 4. The van der Waals surface area contributed by atoms with E-state index >= 15 is 0 Å². The SMILES string of the molecule is COc1ccc(OC)c2c1c(/C=C1\C(=O)NN=C1c1snnc1C)cn2C. The van der Waals surface area contributed by atoms with Gasteiger partial charge in [0.15, 0.2) is 0 Å². The van der Waals surface area contributed by atoms with Gasteiger partial charge in [0.2, 0.25) is 0 Å². The van der Waals surface area contributed by atoms with Gasteiger partial charge in [-0.3, -0.25) is 4.79 Å². The number of amides is 1. The summed E-state index contributed by atoms with van der Waals surface area (Å²) in [5.41, 5.74) is 5.99. The van der Waals surface area contributed by atoms with Crippen LogP contribution in [0.1, 0.15) is 16.1 Å². The number of aryl methyl sites for hydroxylation is 2. The number of carbonyl (C=O) groups is 1. The van der Waals surface area contributed by atoms with Crippen LogP contribution in [0.15, 0.2) is 29.0 Å². The van der Waals surface area contributed by atoms with Gasteiger partial charge in [-0.1, -0.05) is 4.49 Å². The molecule has 1 aromatic carbocycles. The maximum absolute atomic E-state index is 12.4. The fourth-order valence-electron chi connectivity index (χ4n) is 3.21. The van der Waals surface area contributed by atoms with Gasteiger partial charge in [-0.15, -0.1) is 5.10 Å². The third-order valence-corrected chi connectivity index (χ3v) is 5.29. The topological polar surface area (TPSA) is 90.6 Å². The molecule has 0 fully saturated rings. The summed E-state index contributed by atoms with van der Waals surface area (Å²) in [5, 5.41) is 9.06. The average molecular weight is 383 g/mol. The molecule has 0 atom stereocenters. The van der Waals surface area contributed by atoms with Gasteiger partial charge in [0.1, 0.15) is 17.2 Å². The van der Waals surface area contributed by atoms with Crippen LogP contribution in [0, 0.1) is 6.92 Å². The normalized spacial score (nSPS) is 15.3. The molecular weight excluding hydrogens is 366 g/mol.